The Kier molecular flexibility index (Phi) is 7.37. The number of pyridine rings is 1. The van der Waals surface area contributed by atoms with Gasteiger partial charge in [-0.3, -0.25) is 9.69 Å². The van der Waals surface area contributed by atoms with Crippen molar-refractivity contribution in [1.29, 1.82) is 0 Å². The van der Waals surface area contributed by atoms with E-state index in [0.29, 0.717) is 0 Å². The van der Waals surface area contributed by atoms with E-state index in [1.54, 1.807) is 11.8 Å². The van der Waals surface area contributed by atoms with Gasteiger partial charge in [-0.15, -0.1) is 0 Å². The van der Waals surface area contributed by atoms with Gasteiger partial charge in [0, 0.05) is 62.1 Å². The van der Waals surface area contributed by atoms with Crippen molar-refractivity contribution >= 4 is 29.2 Å². The molecule has 8 heteroatoms. The summed E-state index contributed by atoms with van der Waals surface area (Å²) in [7, 11) is 4.25. The highest BCUT2D eigenvalue weighted by Crippen LogP contribution is 2.32. The summed E-state index contributed by atoms with van der Waals surface area (Å²) in [6, 6.07) is 12.1. The first-order chi connectivity index (χ1) is 15.9. The first kappa shape index (κ1) is 23.4. The predicted octanol–water partition coefficient (Wildman–Crippen LogP) is 3.86. The summed E-state index contributed by atoms with van der Waals surface area (Å²) in [5.74, 6) is 0.625. The number of thioether (sulfide) groups is 1. The van der Waals surface area contributed by atoms with E-state index in [1.165, 1.54) is 16.5 Å². The second-order valence-electron chi connectivity index (χ2n) is 8.62. The minimum Gasteiger partial charge on any atom is -0.351 e. The van der Waals surface area contributed by atoms with Crippen LogP contribution in [-0.4, -0.2) is 71.4 Å². The maximum atomic E-state index is 11.8. The lowest BCUT2D eigenvalue weighted by molar-refractivity contribution is -0.111. The van der Waals surface area contributed by atoms with Crippen LogP contribution in [0.5, 0.6) is 0 Å². The maximum absolute atomic E-state index is 11.8. The van der Waals surface area contributed by atoms with Gasteiger partial charge in [0.2, 0.25) is 5.91 Å². The van der Waals surface area contributed by atoms with Crippen molar-refractivity contribution in [3.63, 3.8) is 0 Å². The largest absolute Gasteiger partial charge is 0.351 e. The molecular weight excluding hydrogens is 432 g/mol. The van der Waals surface area contributed by atoms with Crippen LogP contribution in [0.2, 0.25) is 0 Å². The second kappa shape index (κ2) is 10.4. The molecule has 1 fully saturated rings. The van der Waals surface area contributed by atoms with Crippen molar-refractivity contribution < 1.29 is 4.79 Å². The molecule has 33 heavy (non-hydrogen) atoms. The van der Waals surface area contributed by atoms with Gasteiger partial charge in [0.1, 0.15) is 5.82 Å². The number of hydrogen-bond acceptors (Lipinski definition) is 7. The molecule has 174 valence electrons. The number of rotatable bonds is 7. The van der Waals surface area contributed by atoms with Crippen LogP contribution in [0.15, 0.2) is 60.2 Å². The van der Waals surface area contributed by atoms with Crippen molar-refractivity contribution in [3.8, 4) is 11.3 Å². The summed E-state index contributed by atoms with van der Waals surface area (Å²) in [6.07, 6.45) is 3.42. The molecule has 1 amide bonds. The van der Waals surface area contributed by atoms with Crippen LogP contribution in [0.4, 0.5) is 11.5 Å². The Balaban J connectivity index is 1.61. The molecule has 0 spiro atoms. The van der Waals surface area contributed by atoms with Crippen LogP contribution < -0.4 is 10.6 Å². The van der Waals surface area contributed by atoms with Crippen LogP contribution in [0.25, 0.3) is 11.3 Å². The Morgan fingerprint density at radius 2 is 2.00 bits per heavy atom. The number of aromatic nitrogens is 1. The van der Waals surface area contributed by atoms with E-state index in [-0.39, 0.29) is 11.4 Å². The lowest BCUT2D eigenvalue weighted by Crippen LogP contribution is -2.43. The number of allylic oxidation sites excluding steroid dienone is 1. The van der Waals surface area contributed by atoms with Crippen LogP contribution in [0, 0.1) is 0 Å². The van der Waals surface area contributed by atoms with Gasteiger partial charge in [0.05, 0.1) is 5.69 Å². The predicted molar refractivity (Wildman–Crippen MR) is 138 cm³/mol. The fraction of sp³-hybridized carbons (Fsp3) is 0.360. The highest BCUT2D eigenvalue weighted by molar-refractivity contribution is 8.03. The molecule has 4 rings (SSSR count). The van der Waals surface area contributed by atoms with E-state index in [1.807, 2.05) is 24.3 Å². The smallest absolute Gasteiger partial charge is 0.247 e. The Bertz CT molecular complexity index is 1050. The minimum atomic E-state index is -0.226. The van der Waals surface area contributed by atoms with Gasteiger partial charge in [0.25, 0.3) is 0 Å². The molecule has 0 aliphatic carbocycles. The third-order valence-electron chi connectivity index (χ3n) is 5.82. The van der Waals surface area contributed by atoms with E-state index < -0.39 is 0 Å². The van der Waals surface area contributed by atoms with Gasteiger partial charge in [-0.2, -0.15) is 0 Å². The molecule has 2 aliphatic heterocycles. The molecule has 2 N–H and O–H groups in total. The van der Waals surface area contributed by atoms with E-state index in [4.69, 9.17) is 4.98 Å². The van der Waals surface area contributed by atoms with Crippen LogP contribution >= 0.6 is 11.8 Å². The SMILES string of the molecule is C=CC(=O)Nc1cccc(-c2cc(CN3CCN(C)CC3)cc(NC3SC(C)=CN3C)n2)c1. The highest BCUT2D eigenvalue weighted by Gasteiger charge is 2.21. The summed E-state index contributed by atoms with van der Waals surface area (Å²) >= 11 is 1.79. The third kappa shape index (κ3) is 6.16. The topological polar surface area (TPSA) is 63.7 Å². The summed E-state index contributed by atoms with van der Waals surface area (Å²) < 4.78 is 0. The molecule has 3 heterocycles. The first-order valence-corrected chi connectivity index (χ1v) is 12.1. The van der Waals surface area contributed by atoms with Gasteiger partial charge in [-0.1, -0.05) is 30.5 Å². The summed E-state index contributed by atoms with van der Waals surface area (Å²) in [5, 5.41) is 6.43. The van der Waals surface area contributed by atoms with Gasteiger partial charge < -0.3 is 20.4 Å². The fourth-order valence-electron chi connectivity index (χ4n) is 4.02. The zero-order valence-corrected chi connectivity index (χ0v) is 20.4. The van der Waals surface area contributed by atoms with Gasteiger partial charge in [0.15, 0.2) is 5.50 Å². The monoisotopic (exact) mass is 464 g/mol. The van der Waals surface area contributed by atoms with E-state index >= 15 is 0 Å². The lowest BCUT2D eigenvalue weighted by atomic mass is 10.1. The van der Waals surface area contributed by atoms with Crippen molar-refractivity contribution in [3.05, 3.63) is 65.7 Å². The molecule has 1 aromatic carbocycles. The average Bonchev–Trinajstić information content (AvgIpc) is 3.11. The molecule has 1 unspecified atom stereocenters. The first-order valence-electron chi connectivity index (χ1n) is 11.2. The minimum absolute atomic E-state index is 0.113. The lowest BCUT2D eigenvalue weighted by Gasteiger charge is -2.32. The second-order valence-corrected chi connectivity index (χ2v) is 9.95. The number of nitrogens with one attached hydrogen (secondary N) is 2. The number of nitrogens with zero attached hydrogens (tertiary/aromatic N) is 4. The molecule has 0 radical (unpaired) electrons. The summed E-state index contributed by atoms with van der Waals surface area (Å²) in [6.45, 7) is 10.8. The van der Waals surface area contributed by atoms with Crippen molar-refractivity contribution in [1.82, 2.24) is 19.7 Å². The summed E-state index contributed by atoms with van der Waals surface area (Å²) in [4.78, 5) is 25.0. The Labute approximate surface area is 200 Å². The standard InChI is InChI=1S/C25H32N6OS/c1-5-24(32)26-21-8-6-7-20(15-21)22-13-19(17-31-11-9-29(3)10-12-31)14-23(27-22)28-25-30(4)16-18(2)33-25/h5-8,13-16,25H,1,9-12,17H2,2-4H3,(H,26,32)(H,27,28). The highest BCUT2D eigenvalue weighted by atomic mass is 32.2. The Hall–Kier alpha value is -2.81. The van der Waals surface area contributed by atoms with E-state index in [2.05, 4.69) is 71.3 Å². The molecule has 7 nitrogen and oxygen atoms in total. The van der Waals surface area contributed by atoms with Crippen molar-refractivity contribution in [2.75, 3.05) is 50.9 Å². The molecule has 0 saturated carbocycles. The molecule has 2 aromatic rings. The molecule has 1 saturated heterocycles. The number of likely N-dealkylation sites (N-methyl/N-ethyl adjacent to an activating group) is 1. The van der Waals surface area contributed by atoms with Gasteiger partial charge in [-0.05, 0) is 49.9 Å². The number of hydrogen-bond donors (Lipinski definition) is 2. The van der Waals surface area contributed by atoms with Crippen molar-refractivity contribution in [2.45, 2.75) is 19.0 Å². The van der Waals surface area contributed by atoms with Gasteiger partial charge in [-0.25, -0.2) is 4.98 Å². The summed E-state index contributed by atoms with van der Waals surface area (Å²) in [5.41, 5.74) is 3.91. The van der Waals surface area contributed by atoms with Crippen LogP contribution in [0.3, 0.4) is 0 Å². The zero-order valence-electron chi connectivity index (χ0n) is 19.5. The molecule has 2 aliphatic rings. The van der Waals surface area contributed by atoms with Crippen molar-refractivity contribution in [2.24, 2.45) is 0 Å². The number of carbonyl (C=O) groups excluding carboxylic acids is 1. The fourth-order valence-corrected chi connectivity index (χ4v) is 5.00. The quantitative estimate of drug-likeness (QED) is 0.604. The van der Waals surface area contributed by atoms with Crippen LogP contribution in [0.1, 0.15) is 12.5 Å². The van der Waals surface area contributed by atoms with E-state index in [0.717, 1.165) is 55.5 Å². The molecule has 1 atom stereocenters. The van der Waals surface area contributed by atoms with E-state index in [9.17, 15) is 4.79 Å². The maximum Gasteiger partial charge on any atom is 0.247 e. The van der Waals surface area contributed by atoms with Gasteiger partial charge >= 0.3 is 0 Å². The molecular formula is C25H32N6OS. The third-order valence-corrected chi connectivity index (χ3v) is 6.97. The number of piperazine rings is 1. The number of benzene rings is 1. The normalized spacial score (nSPS) is 19.3. The number of anilines is 2. The Morgan fingerprint density at radius 3 is 2.70 bits per heavy atom. The zero-order chi connectivity index (χ0) is 23.4. The number of carbonyl (C=O) groups is 1. The molecule has 1 aromatic heterocycles. The molecule has 0 bridgehead atoms. The number of amides is 1. The Morgan fingerprint density at radius 1 is 1.21 bits per heavy atom. The van der Waals surface area contributed by atoms with Crippen LogP contribution in [-0.2, 0) is 11.3 Å². The average molecular weight is 465 g/mol.